The molecule has 0 saturated heterocycles. The number of rotatable bonds is 2. The summed E-state index contributed by atoms with van der Waals surface area (Å²) in [7, 11) is 0. The highest BCUT2D eigenvalue weighted by Gasteiger charge is 2.10. The maximum absolute atomic E-state index is 6.19. The Labute approximate surface area is 125 Å². The first-order chi connectivity index (χ1) is 10.3. The Hall–Kier alpha value is -2.59. The van der Waals surface area contributed by atoms with Crippen LogP contribution >= 0.6 is 11.6 Å². The lowest BCUT2D eigenvalue weighted by Crippen LogP contribution is -1.82. The van der Waals surface area contributed by atoms with Gasteiger partial charge in [-0.2, -0.15) is 5.10 Å². The van der Waals surface area contributed by atoms with Crippen LogP contribution in [0.1, 0.15) is 0 Å². The van der Waals surface area contributed by atoms with Crippen molar-refractivity contribution in [3.05, 3.63) is 59.8 Å². The van der Waals surface area contributed by atoms with Gasteiger partial charge in [-0.3, -0.25) is 5.10 Å². The van der Waals surface area contributed by atoms with Crippen molar-refractivity contribution in [2.24, 2.45) is 0 Å². The van der Waals surface area contributed by atoms with Gasteiger partial charge >= 0.3 is 0 Å². The van der Waals surface area contributed by atoms with E-state index in [9.17, 15) is 0 Å². The van der Waals surface area contributed by atoms with E-state index in [-0.39, 0.29) is 0 Å². The first-order valence-corrected chi connectivity index (χ1v) is 6.94. The van der Waals surface area contributed by atoms with Gasteiger partial charge in [-0.1, -0.05) is 23.7 Å². The zero-order valence-corrected chi connectivity index (χ0v) is 11.7. The second-order valence-electron chi connectivity index (χ2n) is 4.77. The Morgan fingerprint density at radius 1 is 1.00 bits per heavy atom. The maximum atomic E-state index is 6.19. The SMILES string of the molecule is Clc1ccccc1-c1nc(-c2ccc3[nH]ccc3c2)n[nH]1. The minimum Gasteiger partial charge on any atom is -0.361 e. The standard InChI is InChI=1S/C16H11ClN4/c17-13-4-2-1-3-12(13)16-19-15(20-21-16)11-5-6-14-10(9-11)7-8-18-14/h1-9,18H,(H,19,20,21). The van der Waals surface area contributed by atoms with E-state index < -0.39 is 0 Å². The Balaban J connectivity index is 1.78. The molecule has 2 heterocycles. The predicted octanol–water partition coefficient (Wildman–Crippen LogP) is 4.27. The van der Waals surface area contributed by atoms with Gasteiger partial charge in [-0.05, 0) is 36.4 Å². The van der Waals surface area contributed by atoms with Gasteiger partial charge in [0, 0.05) is 28.2 Å². The van der Waals surface area contributed by atoms with Crippen LogP contribution in [0.2, 0.25) is 5.02 Å². The molecule has 0 bridgehead atoms. The quantitative estimate of drug-likeness (QED) is 0.580. The topological polar surface area (TPSA) is 57.4 Å². The van der Waals surface area contributed by atoms with Crippen molar-refractivity contribution in [2.45, 2.75) is 0 Å². The highest BCUT2D eigenvalue weighted by molar-refractivity contribution is 6.33. The number of aromatic amines is 2. The van der Waals surface area contributed by atoms with Crippen LogP contribution in [0.3, 0.4) is 0 Å². The molecule has 0 aliphatic heterocycles. The summed E-state index contributed by atoms with van der Waals surface area (Å²) in [6.45, 7) is 0. The van der Waals surface area contributed by atoms with Crippen molar-refractivity contribution in [1.29, 1.82) is 0 Å². The lowest BCUT2D eigenvalue weighted by molar-refractivity contribution is 1.10. The van der Waals surface area contributed by atoms with E-state index in [4.69, 9.17) is 11.6 Å². The molecule has 2 N–H and O–H groups in total. The molecule has 0 amide bonds. The van der Waals surface area contributed by atoms with Gasteiger partial charge in [0.15, 0.2) is 11.6 Å². The van der Waals surface area contributed by atoms with E-state index in [1.54, 1.807) is 0 Å². The fraction of sp³-hybridized carbons (Fsp3) is 0. The van der Waals surface area contributed by atoms with E-state index in [1.807, 2.05) is 48.7 Å². The van der Waals surface area contributed by atoms with Crippen molar-refractivity contribution < 1.29 is 0 Å². The minimum absolute atomic E-state index is 0.654. The first kappa shape index (κ1) is 12.2. The van der Waals surface area contributed by atoms with Crippen LogP contribution in [0, 0.1) is 0 Å². The average Bonchev–Trinajstić information content (AvgIpc) is 3.16. The molecule has 102 valence electrons. The number of hydrogen-bond donors (Lipinski definition) is 2. The molecule has 4 nitrogen and oxygen atoms in total. The summed E-state index contributed by atoms with van der Waals surface area (Å²) in [6, 6.07) is 15.7. The highest BCUT2D eigenvalue weighted by Crippen LogP contribution is 2.27. The van der Waals surface area contributed by atoms with Crippen LogP contribution in [-0.4, -0.2) is 20.2 Å². The average molecular weight is 295 g/mol. The molecule has 0 saturated carbocycles. The lowest BCUT2D eigenvalue weighted by atomic mass is 10.1. The van der Waals surface area contributed by atoms with Crippen LogP contribution in [-0.2, 0) is 0 Å². The fourth-order valence-corrected chi connectivity index (χ4v) is 2.58. The van der Waals surface area contributed by atoms with Gasteiger partial charge in [0.25, 0.3) is 0 Å². The Kier molecular flexibility index (Phi) is 2.75. The number of fused-ring (bicyclic) bond motifs is 1. The lowest BCUT2D eigenvalue weighted by Gasteiger charge is -1.98. The second-order valence-corrected chi connectivity index (χ2v) is 5.17. The molecule has 2 aromatic heterocycles. The zero-order valence-electron chi connectivity index (χ0n) is 11.0. The predicted molar refractivity (Wildman–Crippen MR) is 84.1 cm³/mol. The Morgan fingerprint density at radius 3 is 2.81 bits per heavy atom. The maximum Gasteiger partial charge on any atom is 0.181 e. The summed E-state index contributed by atoms with van der Waals surface area (Å²) in [4.78, 5) is 7.71. The second kappa shape index (κ2) is 4.75. The van der Waals surface area contributed by atoms with Gasteiger partial charge in [0.1, 0.15) is 0 Å². The van der Waals surface area contributed by atoms with Gasteiger partial charge in [-0.25, -0.2) is 4.98 Å². The summed E-state index contributed by atoms with van der Waals surface area (Å²) in [5.74, 6) is 1.33. The number of nitrogens with one attached hydrogen (secondary N) is 2. The molecule has 4 aromatic rings. The molecular weight excluding hydrogens is 284 g/mol. The Bertz CT molecular complexity index is 923. The highest BCUT2D eigenvalue weighted by atomic mass is 35.5. The van der Waals surface area contributed by atoms with Crippen molar-refractivity contribution in [3.63, 3.8) is 0 Å². The molecule has 2 aromatic carbocycles. The molecule has 21 heavy (non-hydrogen) atoms. The summed E-state index contributed by atoms with van der Waals surface area (Å²) >= 11 is 6.19. The third-order valence-electron chi connectivity index (χ3n) is 3.43. The molecule has 0 spiro atoms. The minimum atomic E-state index is 0.654. The third kappa shape index (κ3) is 2.10. The molecule has 0 aliphatic rings. The number of aromatic nitrogens is 4. The number of halogens is 1. The number of nitrogens with zero attached hydrogens (tertiary/aromatic N) is 2. The van der Waals surface area contributed by atoms with Crippen molar-refractivity contribution in [1.82, 2.24) is 20.2 Å². The number of hydrogen-bond acceptors (Lipinski definition) is 2. The summed E-state index contributed by atoms with van der Waals surface area (Å²) in [5.41, 5.74) is 2.91. The van der Waals surface area contributed by atoms with Crippen LogP contribution in [0.25, 0.3) is 33.7 Å². The molecule has 0 atom stereocenters. The molecular formula is C16H11ClN4. The van der Waals surface area contributed by atoms with Gasteiger partial charge in [0.2, 0.25) is 0 Å². The van der Waals surface area contributed by atoms with E-state index in [0.717, 1.165) is 22.0 Å². The molecule has 0 unspecified atom stereocenters. The van der Waals surface area contributed by atoms with E-state index in [2.05, 4.69) is 26.2 Å². The van der Waals surface area contributed by atoms with Crippen LogP contribution in [0.15, 0.2) is 54.7 Å². The summed E-state index contributed by atoms with van der Waals surface area (Å²) < 4.78 is 0. The molecule has 0 fully saturated rings. The molecule has 4 rings (SSSR count). The zero-order chi connectivity index (χ0) is 14.2. The van der Waals surface area contributed by atoms with Crippen molar-refractivity contribution in [2.75, 3.05) is 0 Å². The van der Waals surface area contributed by atoms with Crippen molar-refractivity contribution >= 4 is 22.5 Å². The van der Waals surface area contributed by atoms with Gasteiger partial charge in [0.05, 0.1) is 5.02 Å². The number of benzene rings is 2. The number of H-pyrrole nitrogens is 2. The molecule has 0 aliphatic carbocycles. The third-order valence-corrected chi connectivity index (χ3v) is 3.76. The van der Waals surface area contributed by atoms with Gasteiger partial charge < -0.3 is 4.98 Å². The van der Waals surface area contributed by atoms with Crippen LogP contribution < -0.4 is 0 Å². The Morgan fingerprint density at radius 2 is 1.90 bits per heavy atom. The van der Waals surface area contributed by atoms with E-state index in [1.165, 1.54) is 0 Å². The van der Waals surface area contributed by atoms with E-state index in [0.29, 0.717) is 16.7 Å². The largest absolute Gasteiger partial charge is 0.361 e. The van der Waals surface area contributed by atoms with Crippen molar-refractivity contribution in [3.8, 4) is 22.8 Å². The monoisotopic (exact) mass is 294 g/mol. The van der Waals surface area contributed by atoms with Crippen LogP contribution in [0.4, 0.5) is 0 Å². The smallest absolute Gasteiger partial charge is 0.181 e. The first-order valence-electron chi connectivity index (χ1n) is 6.56. The van der Waals surface area contributed by atoms with Gasteiger partial charge in [-0.15, -0.1) is 0 Å². The molecule has 0 radical (unpaired) electrons. The van der Waals surface area contributed by atoms with E-state index >= 15 is 0 Å². The summed E-state index contributed by atoms with van der Waals surface area (Å²) in [5, 5.41) is 9.03. The molecule has 5 heteroatoms. The van der Waals surface area contributed by atoms with Crippen LogP contribution in [0.5, 0.6) is 0 Å². The fourth-order valence-electron chi connectivity index (χ4n) is 2.36. The normalized spacial score (nSPS) is 11.1. The summed E-state index contributed by atoms with van der Waals surface area (Å²) in [6.07, 6.45) is 1.92.